The fourth-order valence-electron chi connectivity index (χ4n) is 2.91. The highest BCUT2D eigenvalue weighted by Gasteiger charge is 2.22. The minimum absolute atomic E-state index is 0.0269. The molecule has 1 aromatic carbocycles. The molecule has 0 aromatic heterocycles. The summed E-state index contributed by atoms with van der Waals surface area (Å²) >= 11 is 0. The van der Waals surface area contributed by atoms with Gasteiger partial charge in [-0.1, -0.05) is 25.5 Å². The lowest BCUT2D eigenvalue weighted by Crippen LogP contribution is -2.40. The third-order valence-electron chi connectivity index (χ3n) is 4.29. The molecule has 0 N–H and O–H groups in total. The van der Waals surface area contributed by atoms with E-state index in [1.807, 2.05) is 24.3 Å². The fraction of sp³-hybridized carbons (Fsp3) is 0.579. The van der Waals surface area contributed by atoms with Gasteiger partial charge < -0.3 is 19.3 Å². The van der Waals surface area contributed by atoms with Crippen molar-refractivity contribution in [3.05, 3.63) is 29.8 Å². The van der Waals surface area contributed by atoms with Gasteiger partial charge in [-0.3, -0.25) is 9.59 Å². The van der Waals surface area contributed by atoms with Gasteiger partial charge in [0.1, 0.15) is 12.4 Å². The second kappa shape index (κ2) is 10.0. The molecule has 0 saturated carbocycles. The van der Waals surface area contributed by atoms with Gasteiger partial charge in [-0.25, -0.2) is 0 Å². The summed E-state index contributed by atoms with van der Waals surface area (Å²) in [4.78, 5) is 27.8. The second-order valence-corrected chi connectivity index (χ2v) is 6.23. The largest absolute Gasteiger partial charge is 0.484 e. The third-order valence-corrected chi connectivity index (χ3v) is 4.29. The molecule has 1 aliphatic heterocycles. The van der Waals surface area contributed by atoms with E-state index in [-0.39, 0.29) is 25.0 Å². The molecule has 1 aliphatic rings. The zero-order chi connectivity index (χ0) is 18.1. The first-order chi connectivity index (χ1) is 12.1. The molecular weight excluding hydrogens is 320 g/mol. The first-order valence-corrected chi connectivity index (χ1v) is 8.90. The Balaban J connectivity index is 1.79. The van der Waals surface area contributed by atoms with Crippen molar-refractivity contribution in [2.45, 2.75) is 26.2 Å². The van der Waals surface area contributed by atoms with Crippen LogP contribution >= 0.6 is 0 Å². The monoisotopic (exact) mass is 348 g/mol. The molecule has 1 fully saturated rings. The molecule has 2 amide bonds. The summed E-state index contributed by atoms with van der Waals surface area (Å²) in [6, 6.07) is 7.89. The van der Waals surface area contributed by atoms with Gasteiger partial charge in [0.05, 0.1) is 0 Å². The molecule has 0 spiro atoms. The van der Waals surface area contributed by atoms with Gasteiger partial charge in [-0.2, -0.15) is 0 Å². The maximum absolute atomic E-state index is 12.4. The summed E-state index contributed by atoms with van der Waals surface area (Å²) in [6.07, 6.45) is 2.93. The van der Waals surface area contributed by atoms with Crippen molar-refractivity contribution in [2.24, 2.45) is 0 Å². The van der Waals surface area contributed by atoms with Gasteiger partial charge in [0, 0.05) is 33.3 Å². The van der Waals surface area contributed by atoms with E-state index >= 15 is 0 Å². The highest BCUT2D eigenvalue weighted by Crippen LogP contribution is 2.14. The molecule has 6 nitrogen and oxygen atoms in total. The lowest BCUT2D eigenvalue weighted by atomic mass is 10.1. The van der Waals surface area contributed by atoms with Crippen LogP contribution in [0.15, 0.2) is 24.3 Å². The molecule has 1 aromatic rings. The summed E-state index contributed by atoms with van der Waals surface area (Å²) < 4.78 is 10.5. The Morgan fingerprint density at radius 2 is 1.56 bits per heavy atom. The topological polar surface area (TPSA) is 59.1 Å². The number of rotatable bonds is 7. The Morgan fingerprint density at radius 3 is 2.12 bits per heavy atom. The van der Waals surface area contributed by atoms with Crippen molar-refractivity contribution in [3.63, 3.8) is 0 Å². The van der Waals surface area contributed by atoms with Gasteiger partial charge in [0.2, 0.25) is 5.91 Å². The average Bonchev–Trinajstić information content (AvgIpc) is 2.88. The van der Waals surface area contributed by atoms with Crippen LogP contribution in [0.2, 0.25) is 0 Å². The van der Waals surface area contributed by atoms with Gasteiger partial charge in [0.25, 0.3) is 5.91 Å². The van der Waals surface area contributed by atoms with Crippen molar-refractivity contribution < 1.29 is 19.1 Å². The summed E-state index contributed by atoms with van der Waals surface area (Å²) in [7, 11) is 1.51. The highest BCUT2D eigenvalue weighted by molar-refractivity contribution is 5.79. The molecule has 0 radical (unpaired) electrons. The summed E-state index contributed by atoms with van der Waals surface area (Å²) in [5.41, 5.74) is 1.27. The molecule has 0 bridgehead atoms. The van der Waals surface area contributed by atoms with Crippen molar-refractivity contribution in [1.29, 1.82) is 0 Å². The van der Waals surface area contributed by atoms with Crippen LogP contribution in [0.3, 0.4) is 0 Å². The standard InChI is InChI=1S/C19H28N2O4/c1-3-5-16-6-8-17(9-7-16)25-15-19(23)21-11-4-10-20(12-13-21)18(22)14-24-2/h6-9H,3-5,10-15H2,1-2H3. The Labute approximate surface area is 149 Å². The summed E-state index contributed by atoms with van der Waals surface area (Å²) in [5, 5.41) is 0. The quantitative estimate of drug-likeness (QED) is 0.753. The molecular formula is C19H28N2O4. The van der Waals surface area contributed by atoms with Crippen LogP contribution in [0.4, 0.5) is 0 Å². The van der Waals surface area contributed by atoms with E-state index in [1.165, 1.54) is 12.7 Å². The van der Waals surface area contributed by atoms with E-state index < -0.39 is 0 Å². The number of carbonyl (C=O) groups is 2. The van der Waals surface area contributed by atoms with Crippen molar-refractivity contribution in [3.8, 4) is 5.75 Å². The van der Waals surface area contributed by atoms with Crippen LogP contribution in [0.5, 0.6) is 5.75 Å². The predicted octanol–water partition coefficient (Wildman–Crippen LogP) is 1.73. The Kier molecular flexibility index (Phi) is 7.73. The first kappa shape index (κ1) is 19.2. The van der Waals surface area contributed by atoms with E-state index in [0.29, 0.717) is 31.9 Å². The number of benzene rings is 1. The van der Waals surface area contributed by atoms with Crippen molar-refractivity contribution >= 4 is 11.8 Å². The number of nitrogens with zero attached hydrogens (tertiary/aromatic N) is 2. The SMILES string of the molecule is CCCc1ccc(OCC(=O)N2CCCN(C(=O)COC)CC2)cc1. The van der Waals surface area contributed by atoms with Crippen LogP contribution in [-0.4, -0.2) is 68.1 Å². The molecule has 0 unspecified atom stereocenters. The number of ether oxygens (including phenoxy) is 2. The van der Waals surface area contributed by atoms with Crippen LogP contribution in [0, 0.1) is 0 Å². The zero-order valence-corrected chi connectivity index (χ0v) is 15.2. The number of carbonyl (C=O) groups excluding carboxylic acids is 2. The molecule has 1 heterocycles. The first-order valence-electron chi connectivity index (χ1n) is 8.90. The Hall–Kier alpha value is -2.08. The van der Waals surface area contributed by atoms with E-state index in [1.54, 1.807) is 9.80 Å². The van der Waals surface area contributed by atoms with Gasteiger partial charge in [-0.15, -0.1) is 0 Å². The van der Waals surface area contributed by atoms with Crippen LogP contribution in [0.25, 0.3) is 0 Å². The number of methoxy groups -OCH3 is 1. The van der Waals surface area contributed by atoms with E-state index in [9.17, 15) is 9.59 Å². The number of hydrogen-bond acceptors (Lipinski definition) is 4. The third kappa shape index (κ3) is 6.05. The average molecular weight is 348 g/mol. The number of aryl methyl sites for hydroxylation is 1. The van der Waals surface area contributed by atoms with Gasteiger partial charge in [0.15, 0.2) is 6.61 Å². The summed E-state index contributed by atoms with van der Waals surface area (Å²) in [5.74, 6) is 0.638. The number of amides is 2. The molecule has 25 heavy (non-hydrogen) atoms. The molecule has 0 aliphatic carbocycles. The maximum atomic E-state index is 12.4. The van der Waals surface area contributed by atoms with Gasteiger partial charge >= 0.3 is 0 Å². The molecule has 2 rings (SSSR count). The molecule has 6 heteroatoms. The van der Waals surface area contributed by atoms with E-state index in [4.69, 9.17) is 9.47 Å². The molecule has 138 valence electrons. The number of hydrogen-bond donors (Lipinski definition) is 0. The normalized spacial score (nSPS) is 15.0. The predicted molar refractivity (Wildman–Crippen MR) is 95.6 cm³/mol. The lowest BCUT2D eigenvalue weighted by Gasteiger charge is -2.22. The highest BCUT2D eigenvalue weighted by atomic mass is 16.5. The minimum Gasteiger partial charge on any atom is -0.484 e. The van der Waals surface area contributed by atoms with Crippen molar-refractivity contribution in [1.82, 2.24) is 9.80 Å². The fourth-order valence-corrected chi connectivity index (χ4v) is 2.91. The van der Waals surface area contributed by atoms with Crippen LogP contribution in [0.1, 0.15) is 25.3 Å². The van der Waals surface area contributed by atoms with E-state index in [0.717, 1.165) is 19.3 Å². The second-order valence-electron chi connectivity index (χ2n) is 6.23. The lowest BCUT2D eigenvalue weighted by molar-refractivity contribution is -0.136. The maximum Gasteiger partial charge on any atom is 0.260 e. The summed E-state index contributed by atoms with van der Waals surface area (Å²) in [6.45, 7) is 4.64. The zero-order valence-electron chi connectivity index (χ0n) is 15.2. The smallest absolute Gasteiger partial charge is 0.260 e. The van der Waals surface area contributed by atoms with Crippen LogP contribution < -0.4 is 4.74 Å². The van der Waals surface area contributed by atoms with Gasteiger partial charge in [-0.05, 0) is 30.5 Å². The Morgan fingerprint density at radius 1 is 0.960 bits per heavy atom. The van der Waals surface area contributed by atoms with Crippen LogP contribution in [-0.2, 0) is 20.7 Å². The van der Waals surface area contributed by atoms with Crippen molar-refractivity contribution in [2.75, 3.05) is 46.5 Å². The minimum atomic E-state index is -0.0429. The Bertz CT molecular complexity index is 559. The molecule has 0 atom stereocenters. The van der Waals surface area contributed by atoms with E-state index in [2.05, 4.69) is 6.92 Å². The molecule has 1 saturated heterocycles.